The minimum atomic E-state index is -4.55. The molecule has 1 aliphatic rings. The standard InChI is InChI=1S/C25H26F3N9O/c1-36-6-8-37(9-7-36)14-16-2-4-18(11-20(16)25(26,27)28)32-24(38)33-22-19-5-3-15(10-21(19)34-35-22)17-12-30-23(29)31-13-17/h2-5,10-13H,6-9,14H2,1H3,(H2,29,30,31)(H3,32,33,34,35,38). The van der Waals surface area contributed by atoms with Gasteiger partial charge in [0.2, 0.25) is 5.95 Å². The monoisotopic (exact) mass is 525 g/mol. The van der Waals surface area contributed by atoms with E-state index in [2.05, 4.69) is 35.7 Å². The molecule has 3 heterocycles. The number of aromatic amines is 1. The van der Waals surface area contributed by atoms with Gasteiger partial charge in [0.1, 0.15) is 0 Å². The number of carbonyl (C=O) groups excluding carboxylic acids is 1. The van der Waals surface area contributed by atoms with Crippen LogP contribution in [0.1, 0.15) is 11.1 Å². The summed E-state index contributed by atoms with van der Waals surface area (Å²) < 4.78 is 41.6. The van der Waals surface area contributed by atoms with E-state index in [-0.39, 0.29) is 29.6 Å². The number of likely N-dealkylation sites (N-methyl/N-ethyl adjacent to an activating group) is 1. The van der Waals surface area contributed by atoms with Gasteiger partial charge in [0.15, 0.2) is 5.82 Å². The third-order valence-electron chi connectivity index (χ3n) is 6.46. The van der Waals surface area contributed by atoms with Crippen LogP contribution < -0.4 is 16.4 Å². The Morgan fingerprint density at radius 3 is 2.47 bits per heavy atom. The Labute approximate surface area is 216 Å². The van der Waals surface area contributed by atoms with Crippen LogP contribution in [0.2, 0.25) is 0 Å². The fourth-order valence-electron chi connectivity index (χ4n) is 4.35. The second-order valence-electron chi connectivity index (χ2n) is 9.19. The van der Waals surface area contributed by atoms with Crippen LogP contribution in [0.15, 0.2) is 48.8 Å². The van der Waals surface area contributed by atoms with Gasteiger partial charge in [-0.25, -0.2) is 14.8 Å². The van der Waals surface area contributed by atoms with E-state index in [0.29, 0.717) is 24.0 Å². The molecule has 0 bridgehead atoms. The van der Waals surface area contributed by atoms with Crippen molar-refractivity contribution in [2.75, 3.05) is 49.6 Å². The Morgan fingerprint density at radius 2 is 1.76 bits per heavy atom. The Bertz CT molecular complexity index is 1440. The molecule has 198 valence electrons. The van der Waals surface area contributed by atoms with E-state index in [9.17, 15) is 18.0 Å². The lowest BCUT2D eigenvalue weighted by Crippen LogP contribution is -2.44. The Balaban J connectivity index is 1.29. The molecule has 1 saturated heterocycles. The molecular weight excluding hydrogens is 499 g/mol. The summed E-state index contributed by atoms with van der Waals surface area (Å²) >= 11 is 0. The second-order valence-corrected chi connectivity index (χ2v) is 9.19. The lowest BCUT2D eigenvalue weighted by molar-refractivity contribution is -0.138. The maximum absolute atomic E-state index is 13.9. The largest absolute Gasteiger partial charge is 0.416 e. The molecule has 0 unspecified atom stereocenters. The fourth-order valence-corrected chi connectivity index (χ4v) is 4.35. The number of halogens is 3. The van der Waals surface area contributed by atoms with Crippen LogP contribution in [0.4, 0.5) is 35.4 Å². The number of piperazine rings is 1. The summed E-state index contributed by atoms with van der Waals surface area (Å²) in [5, 5.41) is 12.7. The van der Waals surface area contributed by atoms with Crippen molar-refractivity contribution >= 4 is 34.4 Å². The van der Waals surface area contributed by atoms with Crippen LogP contribution >= 0.6 is 0 Å². The first kappa shape index (κ1) is 25.4. The van der Waals surface area contributed by atoms with E-state index in [0.717, 1.165) is 30.3 Å². The van der Waals surface area contributed by atoms with Gasteiger partial charge in [-0.1, -0.05) is 12.1 Å². The number of aromatic nitrogens is 4. The molecule has 5 rings (SSSR count). The number of rotatable bonds is 5. The lowest BCUT2D eigenvalue weighted by Gasteiger charge is -2.33. The van der Waals surface area contributed by atoms with Gasteiger partial charge < -0.3 is 16.0 Å². The lowest BCUT2D eigenvalue weighted by atomic mass is 10.0. The van der Waals surface area contributed by atoms with Crippen LogP contribution in [0.3, 0.4) is 0 Å². The Hall–Kier alpha value is -4.23. The predicted octanol–water partition coefficient (Wildman–Crippen LogP) is 4.01. The van der Waals surface area contributed by atoms with E-state index < -0.39 is 17.8 Å². The molecule has 0 radical (unpaired) electrons. The first-order valence-corrected chi connectivity index (χ1v) is 11.9. The third-order valence-corrected chi connectivity index (χ3v) is 6.46. The fraction of sp³-hybridized carbons (Fsp3) is 0.280. The van der Waals surface area contributed by atoms with Gasteiger partial charge >= 0.3 is 12.2 Å². The van der Waals surface area contributed by atoms with Crippen molar-refractivity contribution < 1.29 is 18.0 Å². The number of nitrogen functional groups attached to an aromatic ring is 1. The van der Waals surface area contributed by atoms with Crippen molar-refractivity contribution in [1.82, 2.24) is 30.0 Å². The molecule has 1 fully saturated rings. The molecule has 0 atom stereocenters. The van der Waals surface area contributed by atoms with Gasteiger partial charge in [0.05, 0.1) is 11.1 Å². The van der Waals surface area contributed by atoms with Crippen molar-refractivity contribution in [3.63, 3.8) is 0 Å². The van der Waals surface area contributed by atoms with Gasteiger partial charge in [-0.2, -0.15) is 18.3 Å². The zero-order valence-electron chi connectivity index (χ0n) is 20.5. The van der Waals surface area contributed by atoms with Gasteiger partial charge in [-0.15, -0.1) is 0 Å². The number of H-pyrrole nitrogens is 1. The molecule has 10 nitrogen and oxygen atoms in total. The molecule has 0 spiro atoms. The van der Waals surface area contributed by atoms with Crippen molar-refractivity contribution in [2.45, 2.75) is 12.7 Å². The predicted molar refractivity (Wildman–Crippen MR) is 138 cm³/mol. The molecule has 0 saturated carbocycles. The molecule has 2 aromatic heterocycles. The van der Waals surface area contributed by atoms with Crippen molar-refractivity contribution in [1.29, 1.82) is 0 Å². The molecule has 1 aliphatic heterocycles. The first-order chi connectivity index (χ1) is 18.2. The molecule has 0 aliphatic carbocycles. The highest BCUT2D eigenvalue weighted by atomic mass is 19.4. The van der Waals surface area contributed by atoms with Crippen LogP contribution in [0, 0.1) is 0 Å². The second kappa shape index (κ2) is 10.3. The average Bonchev–Trinajstić information content (AvgIpc) is 3.28. The number of hydrogen-bond donors (Lipinski definition) is 4. The average molecular weight is 526 g/mol. The summed E-state index contributed by atoms with van der Waals surface area (Å²) in [7, 11) is 1.99. The summed E-state index contributed by atoms with van der Waals surface area (Å²) in [6.07, 6.45) is -1.36. The number of nitrogens with one attached hydrogen (secondary N) is 3. The maximum atomic E-state index is 13.9. The van der Waals surface area contributed by atoms with Gasteiger partial charge in [0.25, 0.3) is 0 Å². The molecule has 38 heavy (non-hydrogen) atoms. The summed E-state index contributed by atoms with van der Waals surface area (Å²) in [5.74, 6) is 0.404. The van der Waals surface area contributed by atoms with Crippen LogP contribution in [0.25, 0.3) is 22.0 Å². The zero-order valence-corrected chi connectivity index (χ0v) is 20.5. The van der Waals surface area contributed by atoms with E-state index >= 15 is 0 Å². The topological polar surface area (TPSA) is 128 Å². The molecule has 5 N–H and O–H groups in total. The van der Waals surface area contributed by atoms with Crippen molar-refractivity contribution in [3.8, 4) is 11.1 Å². The highest BCUT2D eigenvalue weighted by Crippen LogP contribution is 2.35. The number of nitrogens with zero attached hydrogens (tertiary/aromatic N) is 5. The smallest absolute Gasteiger partial charge is 0.368 e. The molecular formula is C25H26F3N9O. The Kier molecular flexibility index (Phi) is 6.87. The molecule has 13 heteroatoms. The highest BCUT2D eigenvalue weighted by Gasteiger charge is 2.34. The maximum Gasteiger partial charge on any atom is 0.416 e. The van der Waals surface area contributed by atoms with Crippen LogP contribution in [0.5, 0.6) is 0 Å². The quantitative estimate of drug-likeness (QED) is 0.310. The minimum Gasteiger partial charge on any atom is -0.368 e. The molecule has 2 aromatic carbocycles. The van der Waals surface area contributed by atoms with E-state index in [4.69, 9.17) is 5.73 Å². The van der Waals surface area contributed by atoms with Crippen LogP contribution in [-0.4, -0.2) is 69.2 Å². The number of amides is 2. The molecule has 2 amide bonds. The van der Waals surface area contributed by atoms with Crippen molar-refractivity contribution in [2.24, 2.45) is 0 Å². The van der Waals surface area contributed by atoms with Crippen LogP contribution in [-0.2, 0) is 12.7 Å². The molecule has 4 aromatic rings. The number of alkyl halides is 3. The number of hydrogen-bond acceptors (Lipinski definition) is 7. The zero-order chi connectivity index (χ0) is 26.9. The summed E-state index contributed by atoms with van der Waals surface area (Å²) in [6.45, 7) is 3.20. The first-order valence-electron chi connectivity index (χ1n) is 11.9. The number of carbonyl (C=O) groups is 1. The summed E-state index contributed by atoms with van der Waals surface area (Å²) in [5.41, 5.74) is 7.18. The van der Waals surface area contributed by atoms with Gasteiger partial charge in [0, 0.05) is 61.8 Å². The van der Waals surface area contributed by atoms with E-state index in [1.54, 1.807) is 18.5 Å². The third kappa shape index (κ3) is 5.68. The summed E-state index contributed by atoms with van der Waals surface area (Å²) in [6, 6.07) is 8.53. The number of nitrogens with two attached hydrogens (primary N) is 1. The van der Waals surface area contributed by atoms with Gasteiger partial charge in [-0.05, 0) is 42.4 Å². The number of anilines is 3. The van der Waals surface area contributed by atoms with E-state index in [1.165, 1.54) is 12.1 Å². The van der Waals surface area contributed by atoms with Gasteiger partial charge in [-0.3, -0.25) is 15.3 Å². The number of urea groups is 1. The number of benzene rings is 2. The normalized spacial score (nSPS) is 15.1. The summed E-state index contributed by atoms with van der Waals surface area (Å²) in [4.78, 5) is 24.7. The SMILES string of the molecule is CN1CCN(Cc2ccc(NC(=O)Nc3n[nH]c4cc(-c5cnc(N)nc5)ccc34)cc2C(F)(F)F)CC1. The highest BCUT2D eigenvalue weighted by molar-refractivity contribution is 6.05. The Morgan fingerprint density at radius 1 is 1.03 bits per heavy atom. The van der Waals surface area contributed by atoms with Crippen molar-refractivity contribution in [3.05, 3.63) is 59.9 Å². The van der Waals surface area contributed by atoms with E-state index in [1.807, 2.05) is 24.1 Å². The number of fused-ring (bicyclic) bond motifs is 1. The minimum absolute atomic E-state index is 0.0300.